The molecule has 6 heteroatoms. The minimum Gasteiger partial charge on any atom is -0.493 e. The average Bonchev–Trinajstić information content (AvgIpc) is 3.18. The van der Waals surface area contributed by atoms with Crippen LogP contribution in [0.1, 0.15) is 29.5 Å². The van der Waals surface area contributed by atoms with Gasteiger partial charge in [-0.05, 0) is 31.0 Å². The summed E-state index contributed by atoms with van der Waals surface area (Å²) in [6.07, 6.45) is 3.50. The predicted octanol–water partition coefficient (Wildman–Crippen LogP) is 2.91. The Kier molecular flexibility index (Phi) is 3.72. The van der Waals surface area contributed by atoms with E-state index in [-0.39, 0.29) is 6.04 Å². The Bertz CT molecular complexity index is 919. The first-order valence-electron chi connectivity index (χ1n) is 9.15. The molecule has 2 aromatic carbocycles. The summed E-state index contributed by atoms with van der Waals surface area (Å²) in [7, 11) is -3.53. The van der Waals surface area contributed by atoms with Crippen LogP contribution in [0.25, 0.3) is 0 Å². The third-order valence-corrected chi connectivity index (χ3v) is 7.29. The van der Waals surface area contributed by atoms with Gasteiger partial charge in [0.15, 0.2) is 0 Å². The maximum Gasteiger partial charge on any atom is 0.243 e. The Balaban J connectivity index is 1.58. The number of hydrogen-bond acceptors (Lipinski definition) is 4. The molecule has 0 N–H and O–H groups in total. The fourth-order valence-corrected chi connectivity index (χ4v) is 5.58. The van der Waals surface area contributed by atoms with E-state index in [0.717, 1.165) is 53.9 Å². The number of ether oxygens (including phenoxy) is 2. The summed E-state index contributed by atoms with van der Waals surface area (Å²) in [5, 5.41) is 0. The molecule has 26 heavy (non-hydrogen) atoms. The Morgan fingerprint density at radius 1 is 1.04 bits per heavy atom. The first-order chi connectivity index (χ1) is 12.6. The zero-order valence-corrected chi connectivity index (χ0v) is 15.3. The molecule has 0 aromatic heterocycles. The topological polar surface area (TPSA) is 55.8 Å². The SMILES string of the molecule is O=S(=O)(c1ccccc1)N(Cc1c2c(cc3c1OCC3)OCC2)C1CC1. The summed E-state index contributed by atoms with van der Waals surface area (Å²) in [6.45, 7) is 1.66. The number of rotatable bonds is 5. The maximum absolute atomic E-state index is 13.3. The Morgan fingerprint density at radius 3 is 2.58 bits per heavy atom. The van der Waals surface area contributed by atoms with Crippen molar-refractivity contribution < 1.29 is 17.9 Å². The predicted molar refractivity (Wildman–Crippen MR) is 97.0 cm³/mol. The third-order valence-electron chi connectivity index (χ3n) is 5.38. The van der Waals surface area contributed by atoms with Gasteiger partial charge in [0.1, 0.15) is 11.5 Å². The first-order valence-corrected chi connectivity index (χ1v) is 10.6. The summed E-state index contributed by atoms with van der Waals surface area (Å²) >= 11 is 0. The summed E-state index contributed by atoms with van der Waals surface area (Å²) in [6, 6.07) is 10.9. The lowest BCUT2D eigenvalue weighted by Crippen LogP contribution is -2.33. The van der Waals surface area contributed by atoms with E-state index in [1.807, 2.05) is 6.07 Å². The monoisotopic (exact) mass is 371 g/mol. The molecule has 5 rings (SSSR count). The number of benzene rings is 2. The molecule has 0 radical (unpaired) electrons. The Labute approximate surface area is 153 Å². The van der Waals surface area contributed by atoms with Crippen molar-refractivity contribution in [2.45, 2.75) is 43.2 Å². The summed E-state index contributed by atoms with van der Waals surface area (Å²) in [5.74, 6) is 1.78. The molecule has 0 amide bonds. The highest BCUT2D eigenvalue weighted by Gasteiger charge is 2.40. The van der Waals surface area contributed by atoms with Crippen LogP contribution in [0.15, 0.2) is 41.3 Å². The van der Waals surface area contributed by atoms with Crippen molar-refractivity contribution in [3.63, 3.8) is 0 Å². The van der Waals surface area contributed by atoms with E-state index in [1.54, 1.807) is 28.6 Å². The van der Waals surface area contributed by atoms with E-state index < -0.39 is 10.0 Å². The molecule has 1 aliphatic carbocycles. The highest BCUT2D eigenvalue weighted by atomic mass is 32.2. The van der Waals surface area contributed by atoms with Crippen LogP contribution in [-0.4, -0.2) is 32.0 Å². The molecule has 1 fully saturated rings. The van der Waals surface area contributed by atoms with Crippen molar-refractivity contribution in [3.8, 4) is 11.5 Å². The second-order valence-corrected chi connectivity index (χ2v) is 9.00. The molecule has 2 aliphatic heterocycles. The molecule has 0 bridgehead atoms. The summed E-state index contributed by atoms with van der Waals surface area (Å²) in [5.41, 5.74) is 3.24. The third kappa shape index (κ3) is 2.59. The molecule has 2 aromatic rings. The molecule has 136 valence electrons. The van der Waals surface area contributed by atoms with Crippen LogP contribution in [0.3, 0.4) is 0 Å². The molecular weight excluding hydrogens is 350 g/mol. The van der Waals surface area contributed by atoms with Crippen LogP contribution < -0.4 is 9.47 Å². The smallest absolute Gasteiger partial charge is 0.243 e. The molecule has 1 saturated carbocycles. The zero-order chi connectivity index (χ0) is 17.7. The number of hydrogen-bond donors (Lipinski definition) is 0. The fraction of sp³-hybridized carbons (Fsp3) is 0.400. The molecule has 5 nitrogen and oxygen atoms in total. The van der Waals surface area contributed by atoms with Gasteiger partial charge in [-0.3, -0.25) is 0 Å². The van der Waals surface area contributed by atoms with Crippen molar-refractivity contribution in [2.75, 3.05) is 13.2 Å². The highest BCUT2D eigenvalue weighted by molar-refractivity contribution is 7.89. The first kappa shape index (κ1) is 16.1. The van der Waals surface area contributed by atoms with Crippen molar-refractivity contribution in [3.05, 3.63) is 53.1 Å². The van der Waals surface area contributed by atoms with E-state index in [0.29, 0.717) is 24.7 Å². The lowest BCUT2D eigenvalue weighted by molar-refractivity contribution is 0.341. The number of sulfonamides is 1. The zero-order valence-electron chi connectivity index (χ0n) is 14.5. The van der Waals surface area contributed by atoms with E-state index >= 15 is 0 Å². The second-order valence-electron chi connectivity index (χ2n) is 7.11. The van der Waals surface area contributed by atoms with Gasteiger partial charge >= 0.3 is 0 Å². The van der Waals surface area contributed by atoms with E-state index in [1.165, 1.54) is 0 Å². The second kappa shape index (κ2) is 5.99. The maximum atomic E-state index is 13.3. The lowest BCUT2D eigenvalue weighted by Gasteiger charge is -2.24. The summed E-state index contributed by atoms with van der Waals surface area (Å²) in [4.78, 5) is 0.355. The quantitative estimate of drug-likeness (QED) is 0.811. The van der Waals surface area contributed by atoms with Gasteiger partial charge in [0, 0.05) is 42.1 Å². The van der Waals surface area contributed by atoms with Crippen molar-refractivity contribution >= 4 is 10.0 Å². The van der Waals surface area contributed by atoms with E-state index in [4.69, 9.17) is 9.47 Å². The minimum absolute atomic E-state index is 0.0791. The average molecular weight is 371 g/mol. The van der Waals surface area contributed by atoms with Crippen LogP contribution in [0, 0.1) is 0 Å². The summed E-state index contributed by atoms with van der Waals surface area (Å²) < 4.78 is 39.9. The van der Waals surface area contributed by atoms with Crippen molar-refractivity contribution in [1.29, 1.82) is 0 Å². The van der Waals surface area contributed by atoms with Crippen LogP contribution in [0.5, 0.6) is 11.5 Å². The largest absolute Gasteiger partial charge is 0.493 e. The van der Waals surface area contributed by atoms with E-state index in [9.17, 15) is 8.42 Å². The van der Waals surface area contributed by atoms with Gasteiger partial charge in [-0.25, -0.2) is 8.42 Å². The molecule has 0 atom stereocenters. The van der Waals surface area contributed by atoms with Gasteiger partial charge in [-0.2, -0.15) is 4.31 Å². The van der Waals surface area contributed by atoms with E-state index in [2.05, 4.69) is 6.07 Å². The van der Waals surface area contributed by atoms with Gasteiger partial charge in [-0.1, -0.05) is 18.2 Å². The number of fused-ring (bicyclic) bond motifs is 2. The molecule has 3 aliphatic rings. The van der Waals surface area contributed by atoms with Crippen LogP contribution in [-0.2, 0) is 29.4 Å². The van der Waals surface area contributed by atoms with Crippen LogP contribution in [0.4, 0.5) is 0 Å². The lowest BCUT2D eigenvalue weighted by atomic mass is 9.99. The Morgan fingerprint density at radius 2 is 1.81 bits per heavy atom. The normalized spacial score (nSPS) is 18.3. The van der Waals surface area contributed by atoms with Gasteiger partial charge in [0.2, 0.25) is 10.0 Å². The van der Waals surface area contributed by atoms with Crippen molar-refractivity contribution in [2.24, 2.45) is 0 Å². The Hall–Kier alpha value is -2.05. The molecule has 0 saturated heterocycles. The van der Waals surface area contributed by atoms with Gasteiger partial charge in [0.25, 0.3) is 0 Å². The van der Waals surface area contributed by atoms with Crippen LogP contribution in [0.2, 0.25) is 0 Å². The molecule has 2 heterocycles. The fourth-order valence-electron chi connectivity index (χ4n) is 3.91. The molecule has 0 unspecified atom stereocenters. The highest BCUT2D eigenvalue weighted by Crippen LogP contribution is 2.43. The molecular formula is C20H21NO4S. The van der Waals surface area contributed by atoms with Crippen LogP contribution >= 0.6 is 0 Å². The van der Waals surface area contributed by atoms with Gasteiger partial charge < -0.3 is 9.47 Å². The number of nitrogens with zero attached hydrogens (tertiary/aromatic N) is 1. The van der Waals surface area contributed by atoms with Gasteiger partial charge in [-0.15, -0.1) is 0 Å². The molecule has 0 spiro atoms. The van der Waals surface area contributed by atoms with Gasteiger partial charge in [0.05, 0.1) is 18.1 Å². The van der Waals surface area contributed by atoms with Crippen molar-refractivity contribution in [1.82, 2.24) is 4.31 Å². The minimum atomic E-state index is -3.53. The standard InChI is InChI=1S/C20H21NO4S/c22-26(23,16-4-2-1-3-5-16)21(15-6-7-15)13-18-17-9-11-24-19(17)12-14-8-10-25-20(14)18/h1-5,12,15H,6-11,13H2.